The standard InChI is InChI=1S/C14H14FNO2S/c15-11-3-5-12(6-4-11)18-10-14(17)16-8-7-13-2-1-9-19-13/h1-6,9H,7-8,10H2,(H,16,17). The van der Waals surface area contributed by atoms with Crippen molar-refractivity contribution in [3.8, 4) is 5.75 Å². The first-order valence-electron chi connectivity index (χ1n) is 5.91. The number of halogens is 1. The second-order valence-corrected chi connectivity index (χ2v) is 4.95. The minimum atomic E-state index is -0.326. The fourth-order valence-electron chi connectivity index (χ4n) is 1.51. The van der Waals surface area contributed by atoms with Crippen molar-refractivity contribution in [2.45, 2.75) is 6.42 Å². The molecule has 0 unspecified atom stereocenters. The number of nitrogens with one attached hydrogen (secondary N) is 1. The normalized spacial score (nSPS) is 10.2. The summed E-state index contributed by atoms with van der Waals surface area (Å²) in [6.07, 6.45) is 0.819. The van der Waals surface area contributed by atoms with E-state index >= 15 is 0 Å². The Morgan fingerprint density at radius 3 is 2.74 bits per heavy atom. The molecule has 2 aromatic rings. The molecule has 5 heteroatoms. The molecule has 0 bridgehead atoms. The number of thiophene rings is 1. The van der Waals surface area contributed by atoms with E-state index in [1.165, 1.54) is 29.1 Å². The van der Waals surface area contributed by atoms with E-state index in [-0.39, 0.29) is 18.3 Å². The zero-order chi connectivity index (χ0) is 13.5. The number of carbonyl (C=O) groups is 1. The van der Waals surface area contributed by atoms with Crippen LogP contribution in [0.15, 0.2) is 41.8 Å². The topological polar surface area (TPSA) is 38.3 Å². The minimum Gasteiger partial charge on any atom is -0.484 e. The summed E-state index contributed by atoms with van der Waals surface area (Å²) in [5.74, 6) is -0.0246. The molecule has 0 aliphatic carbocycles. The first-order valence-corrected chi connectivity index (χ1v) is 6.79. The molecule has 1 heterocycles. The molecule has 0 spiro atoms. The zero-order valence-electron chi connectivity index (χ0n) is 10.3. The summed E-state index contributed by atoms with van der Waals surface area (Å²) >= 11 is 1.67. The molecule has 1 amide bonds. The van der Waals surface area contributed by atoms with Crippen LogP contribution in [0.2, 0.25) is 0 Å². The quantitative estimate of drug-likeness (QED) is 0.882. The summed E-state index contributed by atoms with van der Waals surface area (Å²) in [7, 11) is 0. The van der Waals surface area contributed by atoms with Gasteiger partial charge in [0.15, 0.2) is 6.61 Å². The van der Waals surface area contributed by atoms with Gasteiger partial charge in [-0.2, -0.15) is 0 Å². The molecular formula is C14H14FNO2S. The number of amides is 1. The third-order valence-electron chi connectivity index (χ3n) is 2.46. The highest BCUT2D eigenvalue weighted by atomic mass is 32.1. The Balaban J connectivity index is 1.65. The molecule has 0 saturated carbocycles. The lowest BCUT2D eigenvalue weighted by Crippen LogP contribution is -2.30. The van der Waals surface area contributed by atoms with Gasteiger partial charge in [0.25, 0.3) is 5.91 Å². The smallest absolute Gasteiger partial charge is 0.257 e. The molecular weight excluding hydrogens is 265 g/mol. The van der Waals surface area contributed by atoms with E-state index in [0.717, 1.165) is 6.42 Å². The van der Waals surface area contributed by atoms with Crippen LogP contribution in [0.3, 0.4) is 0 Å². The van der Waals surface area contributed by atoms with Gasteiger partial charge in [0.2, 0.25) is 0 Å². The predicted octanol–water partition coefficient (Wildman–Crippen LogP) is 2.62. The van der Waals surface area contributed by atoms with Gasteiger partial charge in [-0.1, -0.05) is 6.07 Å². The van der Waals surface area contributed by atoms with Crippen LogP contribution in [0, 0.1) is 5.82 Å². The summed E-state index contributed by atoms with van der Waals surface area (Å²) in [4.78, 5) is 12.7. The van der Waals surface area contributed by atoms with Crippen molar-refractivity contribution in [3.63, 3.8) is 0 Å². The van der Waals surface area contributed by atoms with E-state index in [9.17, 15) is 9.18 Å². The van der Waals surface area contributed by atoms with Crippen molar-refractivity contribution < 1.29 is 13.9 Å². The van der Waals surface area contributed by atoms with Gasteiger partial charge in [0.05, 0.1) is 0 Å². The first kappa shape index (κ1) is 13.5. The van der Waals surface area contributed by atoms with Crippen LogP contribution in [0.4, 0.5) is 4.39 Å². The Labute approximate surface area is 115 Å². The van der Waals surface area contributed by atoms with E-state index in [1.807, 2.05) is 17.5 Å². The number of benzene rings is 1. The Hall–Kier alpha value is -1.88. The number of hydrogen-bond acceptors (Lipinski definition) is 3. The monoisotopic (exact) mass is 279 g/mol. The lowest BCUT2D eigenvalue weighted by molar-refractivity contribution is -0.123. The second-order valence-electron chi connectivity index (χ2n) is 3.92. The average Bonchev–Trinajstić information content (AvgIpc) is 2.91. The summed E-state index contributed by atoms with van der Waals surface area (Å²) in [5, 5.41) is 4.78. The fourth-order valence-corrected chi connectivity index (χ4v) is 2.22. The van der Waals surface area contributed by atoms with Crippen LogP contribution in [0.1, 0.15) is 4.88 Å². The van der Waals surface area contributed by atoms with Gasteiger partial charge in [-0.25, -0.2) is 4.39 Å². The van der Waals surface area contributed by atoms with E-state index < -0.39 is 0 Å². The van der Waals surface area contributed by atoms with Crippen molar-refractivity contribution in [1.82, 2.24) is 5.32 Å². The molecule has 19 heavy (non-hydrogen) atoms. The molecule has 0 aliphatic rings. The zero-order valence-corrected chi connectivity index (χ0v) is 11.1. The van der Waals surface area contributed by atoms with Crippen LogP contribution >= 0.6 is 11.3 Å². The van der Waals surface area contributed by atoms with Gasteiger partial charge >= 0.3 is 0 Å². The van der Waals surface area contributed by atoms with E-state index in [0.29, 0.717) is 12.3 Å². The highest BCUT2D eigenvalue weighted by Crippen LogP contribution is 2.10. The van der Waals surface area contributed by atoms with E-state index in [2.05, 4.69) is 5.32 Å². The SMILES string of the molecule is O=C(COc1ccc(F)cc1)NCCc1cccs1. The Morgan fingerprint density at radius 2 is 2.05 bits per heavy atom. The van der Waals surface area contributed by atoms with Crippen molar-refractivity contribution in [3.05, 3.63) is 52.5 Å². The maximum absolute atomic E-state index is 12.7. The van der Waals surface area contributed by atoms with Crippen molar-refractivity contribution in [2.24, 2.45) is 0 Å². The number of rotatable bonds is 6. The van der Waals surface area contributed by atoms with Gasteiger partial charge < -0.3 is 10.1 Å². The average molecular weight is 279 g/mol. The lowest BCUT2D eigenvalue weighted by Gasteiger charge is -2.06. The van der Waals surface area contributed by atoms with Gasteiger partial charge in [-0.3, -0.25) is 4.79 Å². The molecule has 3 nitrogen and oxygen atoms in total. The second kappa shape index (κ2) is 6.89. The Bertz CT molecular complexity index is 511. The highest BCUT2D eigenvalue weighted by molar-refractivity contribution is 7.09. The maximum Gasteiger partial charge on any atom is 0.257 e. The molecule has 0 saturated heterocycles. The van der Waals surface area contributed by atoms with Crippen LogP contribution in [0.5, 0.6) is 5.75 Å². The van der Waals surface area contributed by atoms with Crippen molar-refractivity contribution in [1.29, 1.82) is 0 Å². The van der Waals surface area contributed by atoms with Crippen molar-refractivity contribution in [2.75, 3.05) is 13.2 Å². The summed E-state index contributed by atoms with van der Waals surface area (Å²) in [6, 6.07) is 9.60. The summed E-state index contributed by atoms with van der Waals surface area (Å²) in [5.41, 5.74) is 0. The molecule has 100 valence electrons. The Kier molecular flexibility index (Phi) is 4.92. The van der Waals surface area contributed by atoms with Gasteiger partial charge in [0.1, 0.15) is 11.6 Å². The minimum absolute atomic E-state index is 0.0595. The summed E-state index contributed by atoms with van der Waals surface area (Å²) < 4.78 is 17.9. The molecule has 1 N–H and O–H groups in total. The van der Waals surface area contributed by atoms with Crippen LogP contribution in [-0.4, -0.2) is 19.1 Å². The number of hydrogen-bond donors (Lipinski definition) is 1. The molecule has 1 aromatic carbocycles. The summed E-state index contributed by atoms with van der Waals surface area (Å²) in [6.45, 7) is 0.530. The largest absolute Gasteiger partial charge is 0.484 e. The van der Waals surface area contributed by atoms with E-state index in [1.54, 1.807) is 11.3 Å². The molecule has 0 aliphatic heterocycles. The molecule has 1 aromatic heterocycles. The van der Waals surface area contributed by atoms with Crippen LogP contribution in [-0.2, 0) is 11.2 Å². The number of ether oxygens (including phenoxy) is 1. The maximum atomic E-state index is 12.7. The van der Waals surface area contributed by atoms with Gasteiger partial charge in [-0.15, -0.1) is 11.3 Å². The number of carbonyl (C=O) groups excluding carboxylic acids is 1. The molecule has 0 radical (unpaired) electrons. The third kappa shape index (κ3) is 4.71. The van der Waals surface area contributed by atoms with Crippen LogP contribution in [0.25, 0.3) is 0 Å². The molecule has 2 rings (SSSR count). The Morgan fingerprint density at radius 1 is 1.26 bits per heavy atom. The highest BCUT2D eigenvalue weighted by Gasteiger charge is 2.03. The first-order chi connectivity index (χ1) is 9.24. The van der Waals surface area contributed by atoms with Crippen LogP contribution < -0.4 is 10.1 Å². The predicted molar refractivity (Wildman–Crippen MR) is 72.9 cm³/mol. The van der Waals surface area contributed by atoms with E-state index in [4.69, 9.17) is 4.74 Å². The lowest BCUT2D eigenvalue weighted by atomic mass is 10.3. The third-order valence-corrected chi connectivity index (χ3v) is 3.39. The van der Waals surface area contributed by atoms with Crippen molar-refractivity contribution >= 4 is 17.2 Å². The molecule has 0 atom stereocenters. The van der Waals surface area contributed by atoms with Gasteiger partial charge in [0, 0.05) is 11.4 Å². The van der Waals surface area contributed by atoms with Gasteiger partial charge in [-0.05, 0) is 42.1 Å². The molecule has 0 fully saturated rings. The fraction of sp³-hybridized carbons (Fsp3) is 0.214.